The smallest absolute Gasteiger partial charge is 0.228 e. The summed E-state index contributed by atoms with van der Waals surface area (Å²) < 4.78 is 27.0. The summed E-state index contributed by atoms with van der Waals surface area (Å²) in [5.74, 6) is -1.32. The van der Waals surface area contributed by atoms with Gasteiger partial charge in [-0.15, -0.1) is 0 Å². The predicted octanol–water partition coefficient (Wildman–Crippen LogP) is 3.76. The first-order valence-corrected chi connectivity index (χ1v) is 8.59. The number of anilines is 1. The molecule has 0 spiro atoms. The number of pyridine rings is 1. The quantitative estimate of drug-likeness (QED) is 0.740. The van der Waals surface area contributed by atoms with E-state index >= 15 is 0 Å². The van der Waals surface area contributed by atoms with E-state index < -0.39 is 17.7 Å². The average Bonchev–Trinajstić information content (AvgIpc) is 3.01. The molecule has 0 saturated carbocycles. The predicted molar refractivity (Wildman–Crippen MR) is 99.0 cm³/mol. The highest BCUT2D eigenvalue weighted by Crippen LogP contribution is 2.36. The Morgan fingerprint density at radius 2 is 1.81 bits per heavy atom. The zero-order chi connectivity index (χ0) is 19.0. The minimum Gasteiger partial charge on any atom is -0.326 e. The number of fused-ring (bicyclic) bond motifs is 1. The van der Waals surface area contributed by atoms with E-state index in [1.807, 2.05) is 24.3 Å². The fourth-order valence-corrected chi connectivity index (χ4v) is 3.52. The van der Waals surface area contributed by atoms with Crippen LogP contribution in [-0.4, -0.2) is 10.9 Å². The molecule has 0 unspecified atom stereocenters. The van der Waals surface area contributed by atoms with Crippen LogP contribution in [-0.2, 0) is 17.6 Å². The van der Waals surface area contributed by atoms with E-state index in [9.17, 15) is 13.6 Å². The summed E-state index contributed by atoms with van der Waals surface area (Å²) in [5, 5.41) is 2.83. The van der Waals surface area contributed by atoms with E-state index in [0.29, 0.717) is 17.7 Å². The second kappa shape index (κ2) is 6.89. The molecule has 4 rings (SSSR count). The van der Waals surface area contributed by atoms with Gasteiger partial charge in [-0.25, -0.2) is 8.78 Å². The summed E-state index contributed by atoms with van der Waals surface area (Å²) in [7, 11) is 0. The van der Waals surface area contributed by atoms with Crippen LogP contribution in [0.5, 0.6) is 0 Å². The van der Waals surface area contributed by atoms with E-state index in [4.69, 9.17) is 5.73 Å². The molecule has 0 saturated heterocycles. The normalized spacial score (nSPS) is 14.0. The van der Waals surface area contributed by atoms with Crippen LogP contribution in [0.15, 0.2) is 54.7 Å². The number of carbonyl (C=O) groups excluding carboxylic acids is 1. The van der Waals surface area contributed by atoms with E-state index in [0.717, 1.165) is 28.4 Å². The molecule has 2 aromatic carbocycles. The third-order valence-corrected chi connectivity index (χ3v) is 4.65. The van der Waals surface area contributed by atoms with E-state index in [1.54, 1.807) is 12.3 Å². The van der Waals surface area contributed by atoms with Gasteiger partial charge in [0.25, 0.3) is 0 Å². The summed E-state index contributed by atoms with van der Waals surface area (Å²) in [6, 6.07) is 12.2. The van der Waals surface area contributed by atoms with Crippen LogP contribution in [0, 0.1) is 11.6 Å². The Kier molecular flexibility index (Phi) is 4.41. The van der Waals surface area contributed by atoms with Crippen molar-refractivity contribution in [3.8, 4) is 11.1 Å². The molecule has 1 aliphatic rings. The van der Waals surface area contributed by atoms with Crippen LogP contribution in [0.4, 0.5) is 14.5 Å². The second-order valence-corrected chi connectivity index (χ2v) is 6.58. The highest BCUT2D eigenvalue weighted by molar-refractivity contribution is 6.01. The maximum absolute atomic E-state index is 13.5. The maximum Gasteiger partial charge on any atom is 0.228 e. The van der Waals surface area contributed by atoms with Gasteiger partial charge in [0, 0.05) is 23.5 Å². The number of hydrogen-bond acceptors (Lipinski definition) is 3. The summed E-state index contributed by atoms with van der Waals surface area (Å²) in [6.07, 6.45) is 2.17. The molecule has 4 nitrogen and oxygen atoms in total. The number of benzene rings is 2. The van der Waals surface area contributed by atoms with Gasteiger partial charge in [-0.3, -0.25) is 9.78 Å². The number of halogens is 2. The van der Waals surface area contributed by atoms with Crippen molar-refractivity contribution in [3.05, 3.63) is 83.2 Å². The Labute approximate surface area is 155 Å². The van der Waals surface area contributed by atoms with Crippen LogP contribution in [0.1, 0.15) is 22.9 Å². The Morgan fingerprint density at radius 3 is 2.59 bits per heavy atom. The first-order valence-electron chi connectivity index (χ1n) is 8.59. The molecule has 0 bridgehead atoms. The Morgan fingerprint density at radius 1 is 1.07 bits per heavy atom. The summed E-state index contributed by atoms with van der Waals surface area (Å²) >= 11 is 0. The van der Waals surface area contributed by atoms with Gasteiger partial charge in [-0.1, -0.05) is 18.2 Å². The highest BCUT2D eigenvalue weighted by Gasteiger charge is 2.23. The van der Waals surface area contributed by atoms with Crippen molar-refractivity contribution in [2.75, 3.05) is 5.32 Å². The van der Waals surface area contributed by atoms with Crippen molar-refractivity contribution in [2.45, 2.75) is 18.9 Å². The molecule has 2 heterocycles. The zero-order valence-corrected chi connectivity index (χ0v) is 14.4. The number of amides is 1. The summed E-state index contributed by atoms with van der Waals surface area (Å²) in [6.45, 7) is 0. The van der Waals surface area contributed by atoms with Gasteiger partial charge in [0.1, 0.15) is 11.6 Å². The molecule has 0 fully saturated rings. The second-order valence-electron chi connectivity index (χ2n) is 6.58. The largest absolute Gasteiger partial charge is 0.326 e. The first kappa shape index (κ1) is 17.3. The first-order chi connectivity index (χ1) is 13.0. The molecule has 1 aliphatic heterocycles. The van der Waals surface area contributed by atoms with Crippen LogP contribution < -0.4 is 11.1 Å². The van der Waals surface area contributed by atoms with E-state index in [1.165, 1.54) is 12.1 Å². The third-order valence-electron chi connectivity index (χ3n) is 4.65. The number of hydrogen-bond donors (Lipinski definition) is 2. The van der Waals surface area contributed by atoms with Crippen molar-refractivity contribution < 1.29 is 13.6 Å². The molecule has 3 aromatic rings. The molecule has 136 valence electrons. The number of rotatable bonds is 4. The molecule has 0 radical (unpaired) electrons. The number of nitrogens with two attached hydrogens (primary N) is 1. The summed E-state index contributed by atoms with van der Waals surface area (Å²) in [4.78, 5) is 16.2. The number of nitrogens with zero attached hydrogens (tertiary/aromatic N) is 1. The lowest BCUT2D eigenvalue weighted by molar-refractivity contribution is -0.115. The van der Waals surface area contributed by atoms with Crippen molar-refractivity contribution in [1.82, 2.24) is 4.98 Å². The van der Waals surface area contributed by atoms with Gasteiger partial charge in [-0.2, -0.15) is 0 Å². The van der Waals surface area contributed by atoms with E-state index in [2.05, 4.69) is 10.3 Å². The lowest BCUT2D eigenvalue weighted by Crippen LogP contribution is -2.16. The Hall–Kier alpha value is -3.12. The zero-order valence-electron chi connectivity index (χ0n) is 14.4. The van der Waals surface area contributed by atoms with Crippen molar-refractivity contribution >= 4 is 11.6 Å². The molecule has 6 heteroatoms. The van der Waals surface area contributed by atoms with Gasteiger partial charge in [-0.05, 0) is 47.4 Å². The van der Waals surface area contributed by atoms with Crippen molar-refractivity contribution in [1.29, 1.82) is 0 Å². The lowest BCUT2D eigenvalue weighted by atomic mass is 9.92. The molecular weight excluding hydrogens is 348 g/mol. The van der Waals surface area contributed by atoms with Gasteiger partial charge in [0.15, 0.2) is 0 Å². The Bertz CT molecular complexity index is 1020. The lowest BCUT2D eigenvalue weighted by Gasteiger charge is -2.17. The van der Waals surface area contributed by atoms with Crippen LogP contribution >= 0.6 is 0 Å². The molecule has 0 aliphatic carbocycles. The maximum atomic E-state index is 13.5. The third kappa shape index (κ3) is 3.44. The number of aromatic nitrogens is 1. The number of nitrogens with one attached hydrogen (secondary N) is 1. The van der Waals surface area contributed by atoms with Crippen molar-refractivity contribution in [3.63, 3.8) is 0 Å². The minimum absolute atomic E-state index is 0.0533. The molecule has 1 aromatic heterocycles. The molecule has 1 atom stereocenters. The average molecular weight is 365 g/mol. The molecule has 3 N–H and O–H groups in total. The van der Waals surface area contributed by atoms with Crippen LogP contribution in [0.2, 0.25) is 0 Å². The van der Waals surface area contributed by atoms with Crippen LogP contribution in [0.25, 0.3) is 11.1 Å². The van der Waals surface area contributed by atoms with E-state index in [-0.39, 0.29) is 12.3 Å². The standard InChI is InChI=1S/C21H17F2N3O/c22-13-7-12(8-14(23)10-13)9-18(24)21-16(4-2-6-25-21)15-3-1-5-19-17(15)11-20(27)26-19/h1-8,10,18H,9,11,24H2,(H,26,27)/t18-/m0/s1. The van der Waals surface area contributed by atoms with Crippen molar-refractivity contribution in [2.24, 2.45) is 5.73 Å². The van der Waals surface area contributed by atoms with Gasteiger partial charge < -0.3 is 11.1 Å². The minimum atomic E-state index is -0.635. The van der Waals surface area contributed by atoms with Crippen LogP contribution in [0.3, 0.4) is 0 Å². The summed E-state index contributed by atoms with van der Waals surface area (Å²) in [5.41, 5.74) is 10.8. The van der Waals surface area contributed by atoms with Gasteiger partial charge >= 0.3 is 0 Å². The SMILES string of the molecule is N[C@@H](Cc1cc(F)cc(F)c1)c1ncccc1-c1cccc2c1CC(=O)N2. The molecular formula is C21H17F2N3O. The number of carbonyl (C=O) groups is 1. The monoisotopic (exact) mass is 365 g/mol. The Balaban J connectivity index is 1.72. The highest BCUT2D eigenvalue weighted by atomic mass is 19.1. The fourth-order valence-electron chi connectivity index (χ4n) is 3.52. The molecule has 1 amide bonds. The fraction of sp³-hybridized carbons (Fsp3) is 0.143. The van der Waals surface area contributed by atoms with Gasteiger partial charge in [0.05, 0.1) is 18.2 Å². The topological polar surface area (TPSA) is 68.0 Å². The molecule has 27 heavy (non-hydrogen) atoms. The van der Waals surface area contributed by atoms with Gasteiger partial charge in [0.2, 0.25) is 5.91 Å².